The van der Waals surface area contributed by atoms with E-state index in [9.17, 15) is 8.60 Å². The summed E-state index contributed by atoms with van der Waals surface area (Å²) in [6.45, 7) is 1.97. The van der Waals surface area contributed by atoms with Crippen LogP contribution in [0.15, 0.2) is 29.0 Å². The Balaban J connectivity index is 1.96. The zero-order valence-corrected chi connectivity index (χ0v) is 12.3. The molecule has 1 aromatic rings. The maximum Gasteiger partial charge on any atom is 0.224 e. The molecule has 1 aromatic heterocycles. The summed E-state index contributed by atoms with van der Waals surface area (Å²) in [5, 5.41) is 3.26. The molecule has 4 nitrogen and oxygen atoms in total. The summed E-state index contributed by atoms with van der Waals surface area (Å²) in [6.07, 6.45) is 5.35. The van der Waals surface area contributed by atoms with E-state index in [1.165, 1.54) is 12.2 Å². The van der Waals surface area contributed by atoms with Gasteiger partial charge < -0.3 is 5.32 Å². The predicted octanol–water partition coefficient (Wildman–Crippen LogP) is 2.63. The average molecular weight is 314 g/mol. The lowest BCUT2D eigenvalue weighted by molar-refractivity contribution is 0.592. The molecular weight excluding hydrogens is 301 g/mol. The van der Waals surface area contributed by atoms with Crippen LogP contribution < -0.4 is 5.32 Å². The molecule has 2 heterocycles. The average Bonchev–Trinajstić information content (AvgIpc) is 2.75. The van der Waals surface area contributed by atoms with Crippen molar-refractivity contribution in [2.24, 2.45) is 5.92 Å². The molecule has 3 rings (SSSR count). The molecule has 0 saturated carbocycles. The van der Waals surface area contributed by atoms with Crippen molar-refractivity contribution in [1.29, 1.82) is 0 Å². The van der Waals surface area contributed by atoms with Crippen LogP contribution in [-0.2, 0) is 17.2 Å². The van der Waals surface area contributed by atoms with Gasteiger partial charge in [0.25, 0.3) is 0 Å². The van der Waals surface area contributed by atoms with E-state index in [1.54, 1.807) is 6.08 Å². The van der Waals surface area contributed by atoms with Crippen molar-refractivity contribution in [2.45, 2.75) is 24.3 Å². The Morgan fingerprint density at radius 3 is 3.10 bits per heavy atom. The van der Waals surface area contributed by atoms with E-state index < -0.39 is 10.8 Å². The minimum Gasteiger partial charge on any atom is -0.362 e. The quantitative estimate of drug-likeness (QED) is 0.853. The number of halogens is 2. The topological polar surface area (TPSA) is 54.9 Å². The van der Waals surface area contributed by atoms with Gasteiger partial charge in [-0.3, -0.25) is 4.21 Å². The Kier molecular flexibility index (Phi) is 3.60. The maximum atomic E-state index is 13.4. The highest BCUT2D eigenvalue weighted by Crippen LogP contribution is 2.30. The van der Waals surface area contributed by atoms with Crippen molar-refractivity contribution in [1.82, 2.24) is 9.97 Å². The number of nitrogens with zero attached hydrogens (tertiary/aromatic N) is 2. The standard InChI is InChI=1S/C13H13ClFN3OS/c1-7-2-3-8(15)6-10(7)16-12-11-9(4-5-20(11)19)17-13(14)18-12/h2-3,6-7,10H,4-5H2,1H3,(H,16,17,18). The van der Waals surface area contributed by atoms with Gasteiger partial charge in [-0.1, -0.05) is 13.0 Å². The first-order chi connectivity index (χ1) is 9.54. The lowest BCUT2D eigenvalue weighted by atomic mass is 9.97. The second-order valence-corrected chi connectivity index (χ2v) is 6.70. The summed E-state index contributed by atoms with van der Waals surface area (Å²) >= 11 is 5.89. The molecule has 3 unspecified atom stereocenters. The van der Waals surface area contributed by atoms with E-state index in [-0.39, 0.29) is 23.1 Å². The summed E-state index contributed by atoms with van der Waals surface area (Å²) < 4.78 is 25.4. The smallest absolute Gasteiger partial charge is 0.224 e. The molecule has 1 N–H and O–H groups in total. The number of anilines is 1. The second kappa shape index (κ2) is 5.26. The number of nitrogens with one attached hydrogen (secondary N) is 1. The fourth-order valence-electron chi connectivity index (χ4n) is 2.34. The molecule has 0 radical (unpaired) electrons. The summed E-state index contributed by atoms with van der Waals surface area (Å²) in [4.78, 5) is 8.83. The van der Waals surface area contributed by atoms with Crippen molar-refractivity contribution in [3.63, 3.8) is 0 Å². The third-order valence-corrected chi connectivity index (χ3v) is 5.06. The lowest BCUT2D eigenvalue weighted by Crippen LogP contribution is -2.27. The molecule has 0 fully saturated rings. The van der Waals surface area contributed by atoms with E-state index >= 15 is 0 Å². The van der Waals surface area contributed by atoms with Crippen LogP contribution in [0.3, 0.4) is 0 Å². The van der Waals surface area contributed by atoms with Gasteiger partial charge in [-0.2, -0.15) is 4.98 Å². The Labute approximate surface area is 123 Å². The van der Waals surface area contributed by atoms with Gasteiger partial charge in [-0.05, 0) is 29.7 Å². The highest BCUT2D eigenvalue weighted by molar-refractivity contribution is 7.85. The third kappa shape index (κ3) is 2.50. The number of rotatable bonds is 2. The Morgan fingerprint density at radius 2 is 2.30 bits per heavy atom. The maximum absolute atomic E-state index is 13.4. The molecule has 3 atom stereocenters. The van der Waals surface area contributed by atoms with Crippen molar-refractivity contribution >= 4 is 28.2 Å². The minimum atomic E-state index is -1.12. The van der Waals surface area contributed by atoms with Crippen LogP contribution in [0.1, 0.15) is 12.6 Å². The van der Waals surface area contributed by atoms with Gasteiger partial charge in [0.2, 0.25) is 5.28 Å². The summed E-state index contributed by atoms with van der Waals surface area (Å²) in [5.74, 6) is 0.794. The van der Waals surface area contributed by atoms with Crippen molar-refractivity contribution in [3.8, 4) is 0 Å². The summed E-state index contributed by atoms with van der Waals surface area (Å²) in [6, 6.07) is -0.243. The van der Waals surface area contributed by atoms with E-state index in [2.05, 4.69) is 15.3 Å². The van der Waals surface area contributed by atoms with Crippen LogP contribution in [0.2, 0.25) is 5.28 Å². The summed E-state index contributed by atoms with van der Waals surface area (Å²) in [7, 11) is -1.12. The van der Waals surface area contributed by atoms with Crippen LogP contribution in [0.4, 0.5) is 10.2 Å². The molecule has 106 valence electrons. The van der Waals surface area contributed by atoms with Crippen LogP contribution in [0, 0.1) is 5.92 Å². The van der Waals surface area contributed by atoms with Gasteiger partial charge in [0.15, 0.2) is 0 Å². The molecule has 0 saturated heterocycles. The Hall–Kier alpha value is -1.27. The molecule has 2 aliphatic rings. The number of hydrogen-bond acceptors (Lipinski definition) is 4. The van der Waals surface area contributed by atoms with Crippen LogP contribution in [0.5, 0.6) is 0 Å². The van der Waals surface area contributed by atoms with E-state index in [0.717, 1.165) is 0 Å². The fourth-order valence-corrected chi connectivity index (χ4v) is 3.84. The van der Waals surface area contributed by atoms with Crippen LogP contribution >= 0.6 is 11.6 Å². The molecule has 20 heavy (non-hydrogen) atoms. The molecule has 0 bridgehead atoms. The monoisotopic (exact) mass is 313 g/mol. The molecule has 0 aromatic carbocycles. The Bertz CT molecular complexity index is 647. The normalized spacial score (nSPS) is 28.1. The summed E-state index contributed by atoms with van der Waals surface area (Å²) in [5.41, 5.74) is 0.717. The molecule has 0 spiro atoms. The zero-order valence-electron chi connectivity index (χ0n) is 10.8. The zero-order chi connectivity index (χ0) is 14.3. The molecule has 1 aliphatic carbocycles. The number of aryl methyl sites for hydroxylation is 1. The number of aromatic nitrogens is 2. The lowest BCUT2D eigenvalue weighted by Gasteiger charge is -2.23. The molecule has 1 aliphatic heterocycles. The van der Waals surface area contributed by atoms with E-state index in [0.29, 0.717) is 28.6 Å². The van der Waals surface area contributed by atoms with E-state index in [4.69, 9.17) is 11.6 Å². The SMILES string of the molecule is CC1C=CC(F)=CC1Nc1nc(Cl)nc2c1S(=O)CC2. The number of hydrogen-bond donors (Lipinski definition) is 1. The van der Waals surface area contributed by atoms with E-state index in [1.807, 2.05) is 6.92 Å². The predicted molar refractivity (Wildman–Crippen MR) is 76.9 cm³/mol. The number of allylic oxidation sites excluding steroid dienone is 2. The van der Waals surface area contributed by atoms with Crippen molar-refractivity contribution in [2.75, 3.05) is 11.1 Å². The van der Waals surface area contributed by atoms with Gasteiger partial charge in [0, 0.05) is 12.2 Å². The van der Waals surface area contributed by atoms with Gasteiger partial charge >= 0.3 is 0 Å². The van der Waals surface area contributed by atoms with Crippen molar-refractivity contribution in [3.05, 3.63) is 35.0 Å². The van der Waals surface area contributed by atoms with Gasteiger partial charge in [-0.25, -0.2) is 9.37 Å². The highest BCUT2D eigenvalue weighted by Gasteiger charge is 2.27. The second-order valence-electron chi connectivity index (χ2n) is 4.86. The first kappa shape index (κ1) is 13.7. The Morgan fingerprint density at radius 1 is 1.50 bits per heavy atom. The first-order valence-corrected chi connectivity index (χ1v) is 8.01. The number of fused-ring (bicyclic) bond motifs is 1. The van der Waals surface area contributed by atoms with Gasteiger partial charge in [-0.15, -0.1) is 0 Å². The minimum absolute atomic E-state index is 0.105. The van der Waals surface area contributed by atoms with Gasteiger partial charge in [0.1, 0.15) is 16.5 Å². The molecular formula is C13H13ClFN3OS. The third-order valence-electron chi connectivity index (χ3n) is 3.43. The van der Waals surface area contributed by atoms with Crippen LogP contribution in [-0.4, -0.2) is 26.0 Å². The van der Waals surface area contributed by atoms with Crippen LogP contribution in [0.25, 0.3) is 0 Å². The highest BCUT2D eigenvalue weighted by atomic mass is 35.5. The van der Waals surface area contributed by atoms with Gasteiger partial charge in [0.05, 0.1) is 22.5 Å². The molecule has 0 amide bonds. The van der Waals surface area contributed by atoms with Crippen molar-refractivity contribution < 1.29 is 8.60 Å². The first-order valence-electron chi connectivity index (χ1n) is 6.31. The fraction of sp³-hybridized carbons (Fsp3) is 0.385. The molecule has 7 heteroatoms. The largest absolute Gasteiger partial charge is 0.362 e.